The Morgan fingerprint density at radius 3 is 2.63 bits per heavy atom. The van der Waals surface area contributed by atoms with Crippen LogP contribution in [0, 0.1) is 0 Å². The second-order valence-corrected chi connectivity index (χ2v) is 8.81. The molecule has 1 N–H and O–H groups in total. The van der Waals surface area contributed by atoms with Crippen molar-refractivity contribution in [3.63, 3.8) is 0 Å². The fourth-order valence-corrected chi connectivity index (χ4v) is 4.88. The molecular formula is C22H22BrCl2N2O3+. The van der Waals surface area contributed by atoms with Crippen molar-refractivity contribution in [3.05, 3.63) is 68.1 Å². The van der Waals surface area contributed by atoms with E-state index in [0.29, 0.717) is 35.1 Å². The van der Waals surface area contributed by atoms with E-state index in [1.54, 1.807) is 45.9 Å². The molecular weight excluding hydrogens is 491 g/mol. The molecule has 1 aliphatic heterocycles. The maximum atomic E-state index is 13.1. The van der Waals surface area contributed by atoms with Crippen LogP contribution in [0.25, 0.3) is 0 Å². The van der Waals surface area contributed by atoms with Crippen molar-refractivity contribution in [2.24, 2.45) is 0 Å². The van der Waals surface area contributed by atoms with Gasteiger partial charge in [-0.2, -0.15) is 0 Å². The Labute approximate surface area is 194 Å². The topological polar surface area (TPSA) is 60.6 Å². The van der Waals surface area contributed by atoms with Gasteiger partial charge in [-0.1, -0.05) is 70.3 Å². The highest BCUT2D eigenvalue weighted by atomic mass is 79.9. The maximum absolute atomic E-state index is 13.1. The van der Waals surface area contributed by atoms with Crippen LogP contribution in [0.4, 0.5) is 0 Å². The molecule has 30 heavy (non-hydrogen) atoms. The zero-order valence-corrected chi connectivity index (χ0v) is 19.5. The average Bonchev–Trinajstić information content (AvgIpc) is 2.68. The number of carboxylic acid groups (broad SMARTS) is 1. The molecule has 1 aliphatic rings. The number of rotatable bonds is 7. The standard InChI is InChI=1S/C22H21BrCl2N2O3/c1-2-10-26-13-19(28)27(11-9-14-7-8-15(24)12-17(14)23)20(21(26)22(29)30)16-5-3-4-6-18(16)25/h3-8,12,20H,2,9-11,13H2,1H3/p+1/t20-/m0/s1. The van der Waals surface area contributed by atoms with Crippen molar-refractivity contribution >= 4 is 56.7 Å². The van der Waals surface area contributed by atoms with E-state index in [2.05, 4.69) is 15.9 Å². The van der Waals surface area contributed by atoms with Gasteiger partial charge in [-0.15, -0.1) is 0 Å². The summed E-state index contributed by atoms with van der Waals surface area (Å²) >= 11 is 16.0. The molecule has 158 valence electrons. The summed E-state index contributed by atoms with van der Waals surface area (Å²) in [5.41, 5.74) is 1.78. The molecule has 0 aromatic heterocycles. The van der Waals surface area contributed by atoms with Gasteiger partial charge >= 0.3 is 5.97 Å². The largest absolute Gasteiger partial charge is 0.473 e. The number of benzene rings is 2. The molecule has 0 saturated heterocycles. The van der Waals surface area contributed by atoms with Gasteiger partial charge in [0.15, 0.2) is 6.04 Å². The first kappa shape index (κ1) is 22.8. The van der Waals surface area contributed by atoms with Crippen molar-refractivity contribution in [1.82, 2.24) is 4.90 Å². The molecule has 1 atom stereocenters. The molecule has 0 bridgehead atoms. The third kappa shape index (κ3) is 4.88. The monoisotopic (exact) mass is 511 g/mol. The predicted molar refractivity (Wildman–Crippen MR) is 122 cm³/mol. The van der Waals surface area contributed by atoms with Gasteiger partial charge in [0.2, 0.25) is 6.54 Å². The molecule has 0 saturated carbocycles. The van der Waals surface area contributed by atoms with Crippen molar-refractivity contribution < 1.29 is 19.3 Å². The SMILES string of the molecule is CCC[N+]1=C(C(=O)O)[C@H](c2ccccc2Cl)N(CCc2ccc(Cl)cc2Br)C(=O)C1. The lowest BCUT2D eigenvalue weighted by Crippen LogP contribution is -2.54. The van der Waals surface area contributed by atoms with E-state index in [0.717, 1.165) is 16.5 Å². The highest BCUT2D eigenvalue weighted by Gasteiger charge is 2.45. The number of halogens is 3. The zero-order valence-electron chi connectivity index (χ0n) is 16.4. The second-order valence-electron chi connectivity index (χ2n) is 7.11. The van der Waals surface area contributed by atoms with E-state index in [1.165, 1.54) is 0 Å². The maximum Gasteiger partial charge on any atom is 0.398 e. The minimum absolute atomic E-state index is 0.0399. The summed E-state index contributed by atoms with van der Waals surface area (Å²) in [6, 6.07) is 11.8. The van der Waals surface area contributed by atoms with Crippen LogP contribution < -0.4 is 0 Å². The van der Waals surface area contributed by atoms with Gasteiger partial charge in [-0.25, -0.2) is 9.37 Å². The van der Waals surface area contributed by atoms with Crippen molar-refractivity contribution in [3.8, 4) is 0 Å². The molecule has 8 heteroatoms. The Morgan fingerprint density at radius 1 is 1.27 bits per heavy atom. The Hall–Kier alpha value is -1.89. The molecule has 0 spiro atoms. The van der Waals surface area contributed by atoms with Crippen LogP contribution in [0.2, 0.25) is 10.0 Å². The normalized spacial score (nSPS) is 16.9. The summed E-state index contributed by atoms with van der Waals surface area (Å²) in [6.45, 7) is 2.84. The number of hydrogen-bond acceptors (Lipinski definition) is 2. The van der Waals surface area contributed by atoms with E-state index in [1.807, 2.05) is 13.0 Å². The van der Waals surface area contributed by atoms with Gasteiger partial charge < -0.3 is 10.0 Å². The minimum Gasteiger partial charge on any atom is -0.473 e. The van der Waals surface area contributed by atoms with E-state index in [-0.39, 0.29) is 18.2 Å². The number of carbonyl (C=O) groups excluding carboxylic acids is 1. The van der Waals surface area contributed by atoms with Gasteiger partial charge in [0.1, 0.15) is 6.54 Å². The van der Waals surface area contributed by atoms with Crippen LogP contribution in [0.3, 0.4) is 0 Å². The highest BCUT2D eigenvalue weighted by Crippen LogP contribution is 2.32. The average molecular weight is 513 g/mol. The van der Waals surface area contributed by atoms with Crippen LogP contribution in [-0.2, 0) is 16.0 Å². The summed E-state index contributed by atoms with van der Waals surface area (Å²) in [5.74, 6) is -1.16. The Balaban J connectivity index is 2.04. The fraction of sp³-hybridized carbons (Fsp3) is 0.318. The zero-order chi connectivity index (χ0) is 21.8. The summed E-state index contributed by atoms with van der Waals surface area (Å²) in [6.07, 6.45) is 1.28. The Kier molecular flexibility index (Phi) is 7.55. The Bertz CT molecular complexity index is 1010. The lowest BCUT2D eigenvalue weighted by molar-refractivity contribution is -0.523. The number of amides is 1. The molecule has 1 amide bonds. The number of carboxylic acids is 1. The molecule has 2 aromatic rings. The van der Waals surface area contributed by atoms with Crippen molar-refractivity contribution in [2.75, 3.05) is 19.6 Å². The third-order valence-electron chi connectivity index (χ3n) is 5.11. The van der Waals surface area contributed by atoms with Gasteiger partial charge in [-0.05, 0) is 30.2 Å². The van der Waals surface area contributed by atoms with Crippen LogP contribution in [0.15, 0.2) is 46.9 Å². The molecule has 0 aliphatic carbocycles. The summed E-state index contributed by atoms with van der Waals surface area (Å²) in [7, 11) is 0. The van der Waals surface area contributed by atoms with E-state index >= 15 is 0 Å². The third-order valence-corrected chi connectivity index (χ3v) is 6.42. The van der Waals surface area contributed by atoms with Crippen LogP contribution >= 0.6 is 39.1 Å². The van der Waals surface area contributed by atoms with Crippen LogP contribution in [0.5, 0.6) is 0 Å². The van der Waals surface area contributed by atoms with Crippen molar-refractivity contribution in [1.29, 1.82) is 0 Å². The van der Waals surface area contributed by atoms with Gasteiger partial charge in [-0.3, -0.25) is 4.79 Å². The number of hydrogen-bond donors (Lipinski definition) is 1. The number of carbonyl (C=O) groups is 2. The summed E-state index contributed by atoms with van der Waals surface area (Å²) in [5, 5.41) is 11.1. The van der Waals surface area contributed by atoms with Crippen molar-refractivity contribution in [2.45, 2.75) is 25.8 Å². The summed E-state index contributed by atoms with van der Waals surface area (Å²) in [4.78, 5) is 27.0. The molecule has 1 heterocycles. The van der Waals surface area contributed by atoms with Gasteiger partial charge in [0.25, 0.3) is 11.6 Å². The lowest BCUT2D eigenvalue weighted by Gasteiger charge is -2.34. The quantitative estimate of drug-likeness (QED) is 0.540. The van der Waals surface area contributed by atoms with E-state index in [4.69, 9.17) is 23.2 Å². The first-order chi connectivity index (χ1) is 14.3. The smallest absolute Gasteiger partial charge is 0.398 e. The molecule has 2 aromatic carbocycles. The predicted octanol–water partition coefficient (Wildman–Crippen LogP) is 4.83. The first-order valence-corrected chi connectivity index (χ1v) is 11.2. The molecule has 3 rings (SSSR count). The highest BCUT2D eigenvalue weighted by molar-refractivity contribution is 9.10. The van der Waals surface area contributed by atoms with E-state index in [9.17, 15) is 14.7 Å². The van der Waals surface area contributed by atoms with Crippen LogP contribution in [-0.4, -0.2) is 51.8 Å². The number of nitrogens with zero attached hydrogens (tertiary/aromatic N) is 2. The molecule has 0 fully saturated rings. The fourth-order valence-electron chi connectivity index (χ4n) is 3.76. The van der Waals surface area contributed by atoms with Gasteiger partial charge in [0, 0.05) is 33.0 Å². The second kappa shape index (κ2) is 9.94. The number of aliphatic carboxylic acids is 1. The molecule has 0 radical (unpaired) electrons. The van der Waals surface area contributed by atoms with Crippen LogP contribution in [0.1, 0.15) is 30.5 Å². The first-order valence-electron chi connectivity index (χ1n) is 9.66. The van der Waals surface area contributed by atoms with E-state index < -0.39 is 12.0 Å². The minimum atomic E-state index is -1.04. The lowest BCUT2D eigenvalue weighted by atomic mass is 9.96. The molecule has 5 nitrogen and oxygen atoms in total. The molecule has 0 unspecified atom stereocenters. The summed E-state index contributed by atoms with van der Waals surface area (Å²) < 4.78 is 2.51. The van der Waals surface area contributed by atoms with Gasteiger partial charge in [0.05, 0.1) is 0 Å². The Morgan fingerprint density at radius 2 is 2.00 bits per heavy atom.